The number of nitriles is 1. The summed E-state index contributed by atoms with van der Waals surface area (Å²) in [5.74, 6) is -0.0832. The van der Waals surface area contributed by atoms with E-state index in [0.29, 0.717) is 19.3 Å². The summed E-state index contributed by atoms with van der Waals surface area (Å²) >= 11 is 0. The predicted octanol–water partition coefficient (Wildman–Crippen LogP) is 2.90. The Bertz CT molecular complexity index is 657. The minimum Gasteiger partial charge on any atom is -0.497 e. The minimum absolute atomic E-state index is 0.188. The molecule has 140 valence electrons. The van der Waals surface area contributed by atoms with Gasteiger partial charge in [0.25, 0.3) is 5.91 Å². The third-order valence-electron chi connectivity index (χ3n) is 4.74. The van der Waals surface area contributed by atoms with Crippen LogP contribution in [0.25, 0.3) is 0 Å². The van der Waals surface area contributed by atoms with E-state index in [1.165, 1.54) is 6.92 Å². The molecule has 26 heavy (non-hydrogen) atoms. The Balaban J connectivity index is 1.79. The second kappa shape index (κ2) is 9.23. The molecule has 1 aromatic rings. The Kier molecular flexibility index (Phi) is 7.02. The van der Waals surface area contributed by atoms with Crippen molar-refractivity contribution in [3.05, 3.63) is 29.8 Å². The Morgan fingerprint density at radius 1 is 1.23 bits per heavy atom. The van der Waals surface area contributed by atoms with Gasteiger partial charge in [0.2, 0.25) is 0 Å². The van der Waals surface area contributed by atoms with Gasteiger partial charge in [-0.2, -0.15) is 5.26 Å². The number of nitrogens with one attached hydrogen (secondary N) is 1. The Morgan fingerprint density at radius 2 is 1.88 bits per heavy atom. The first-order chi connectivity index (χ1) is 12.5. The summed E-state index contributed by atoms with van der Waals surface area (Å²) < 4.78 is 10.3. The van der Waals surface area contributed by atoms with Crippen molar-refractivity contribution in [1.82, 2.24) is 5.32 Å². The van der Waals surface area contributed by atoms with Crippen LogP contribution in [0.5, 0.6) is 5.75 Å². The molecule has 0 radical (unpaired) electrons. The number of benzene rings is 1. The number of amides is 1. The molecule has 1 fully saturated rings. The Hall–Kier alpha value is -2.55. The molecule has 0 unspecified atom stereocenters. The van der Waals surface area contributed by atoms with Gasteiger partial charge in [-0.15, -0.1) is 0 Å². The molecule has 0 bridgehead atoms. The van der Waals surface area contributed by atoms with Crippen LogP contribution < -0.4 is 10.1 Å². The maximum atomic E-state index is 12.3. The SMILES string of the molecule is COc1ccc(CCC(=O)O[C@@H](C)C(=O)NC2(C#N)CCCCC2)cc1. The van der Waals surface area contributed by atoms with Crippen LogP contribution in [0.3, 0.4) is 0 Å². The zero-order valence-corrected chi connectivity index (χ0v) is 15.4. The maximum absolute atomic E-state index is 12.3. The molecule has 2 rings (SSSR count). The van der Waals surface area contributed by atoms with Gasteiger partial charge in [0.15, 0.2) is 6.10 Å². The molecular formula is C20H26N2O4. The molecule has 1 amide bonds. The smallest absolute Gasteiger partial charge is 0.306 e. The first-order valence-corrected chi connectivity index (χ1v) is 9.04. The van der Waals surface area contributed by atoms with Crippen molar-refractivity contribution in [2.24, 2.45) is 0 Å². The Morgan fingerprint density at radius 3 is 2.46 bits per heavy atom. The lowest BCUT2D eigenvalue weighted by atomic mass is 9.83. The van der Waals surface area contributed by atoms with Gasteiger partial charge in [0.1, 0.15) is 11.3 Å². The van der Waals surface area contributed by atoms with E-state index in [-0.39, 0.29) is 6.42 Å². The lowest BCUT2D eigenvalue weighted by Gasteiger charge is -2.32. The molecule has 1 aliphatic rings. The molecule has 0 aromatic heterocycles. The van der Waals surface area contributed by atoms with Gasteiger partial charge < -0.3 is 14.8 Å². The fourth-order valence-electron chi connectivity index (χ4n) is 3.11. The molecule has 6 nitrogen and oxygen atoms in total. The van der Waals surface area contributed by atoms with Gasteiger partial charge in [0.05, 0.1) is 13.2 Å². The van der Waals surface area contributed by atoms with E-state index in [0.717, 1.165) is 30.6 Å². The van der Waals surface area contributed by atoms with Crippen LogP contribution in [0.1, 0.15) is 51.0 Å². The summed E-state index contributed by atoms with van der Waals surface area (Å²) in [7, 11) is 1.60. The van der Waals surface area contributed by atoms with Crippen molar-refractivity contribution >= 4 is 11.9 Å². The van der Waals surface area contributed by atoms with Gasteiger partial charge in [-0.05, 0) is 43.9 Å². The highest BCUT2D eigenvalue weighted by Gasteiger charge is 2.35. The average Bonchev–Trinajstić information content (AvgIpc) is 2.67. The topological polar surface area (TPSA) is 88.4 Å². The zero-order chi connectivity index (χ0) is 19.0. The van der Waals surface area contributed by atoms with E-state index in [4.69, 9.17) is 9.47 Å². The monoisotopic (exact) mass is 358 g/mol. The second-order valence-corrected chi connectivity index (χ2v) is 6.72. The number of nitrogens with zero attached hydrogens (tertiary/aromatic N) is 1. The highest BCUT2D eigenvalue weighted by atomic mass is 16.5. The highest BCUT2D eigenvalue weighted by molar-refractivity contribution is 5.84. The number of carbonyl (C=O) groups is 2. The van der Waals surface area contributed by atoms with E-state index in [2.05, 4.69) is 11.4 Å². The summed E-state index contributed by atoms with van der Waals surface area (Å²) in [5, 5.41) is 12.2. The molecule has 0 aliphatic heterocycles. The molecule has 0 heterocycles. The number of aryl methyl sites for hydroxylation is 1. The quantitative estimate of drug-likeness (QED) is 0.757. The number of esters is 1. The van der Waals surface area contributed by atoms with Crippen LogP contribution in [-0.2, 0) is 20.7 Å². The van der Waals surface area contributed by atoms with E-state index in [9.17, 15) is 14.9 Å². The van der Waals surface area contributed by atoms with E-state index in [1.54, 1.807) is 7.11 Å². The van der Waals surface area contributed by atoms with Crippen molar-refractivity contribution < 1.29 is 19.1 Å². The third-order valence-corrected chi connectivity index (χ3v) is 4.74. The molecule has 1 atom stereocenters. The van der Waals surface area contributed by atoms with Gasteiger partial charge in [-0.3, -0.25) is 9.59 Å². The molecule has 6 heteroatoms. The number of hydrogen-bond acceptors (Lipinski definition) is 5. The van der Waals surface area contributed by atoms with Crippen molar-refractivity contribution in [2.75, 3.05) is 7.11 Å². The maximum Gasteiger partial charge on any atom is 0.306 e. The fraction of sp³-hybridized carbons (Fsp3) is 0.550. The molecule has 1 aliphatic carbocycles. The summed E-state index contributed by atoms with van der Waals surface area (Å²) in [6.07, 6.45) is 4.02. The van der Waals surface area contributed by atoms with Crippen LogP contribution in [0, 0.1) is 11.3 Å². The van der Waals surface area contributed by atoms with Crippen LogP contribution in [-0.4, -0.2) is 30.6 Å². The number of ether oxygens (including phenoxy) is 2. The summed E-state index contributed by atoms with van der Waals surface area (Å²) in [6.45, 7) is 1.54. The number of methoxy groups -OCH3 is 1. The van der Waals surface area contributed by atoms with Crippen molar-refractivity contribution in [1.29, 1.82) is 5.26 Å². The average molecular weight is 358 g/mol. The van der Waals surface area contributed by atoms with Crippen LogP contribution in [0.2, 0.25) is 0 Å². The number of carbonyl (C=O) groups excluding carboxylic acids is 2. The molecule has 1 saturated carbocycles. The lowest BCUT2D eigenvalue weighted by Crippen LogP contribution is -2.52. The normalized spacial score (nSPS) is 16.8. The van der Waals surface area contributed by atoms with Crippen molar-refractivity contribution in [3.8, 4) is 11.8 Å². The number of rotatable bonds is 7. The van der Waals surface area contributed by atoms with Crippen LogP contribution in [0.15, 0.2) is 24.3 Å². The molecule has 1 aromatic carbocycles. The van der Waals surface area contributed by atoms with E-state index >= 15 is 0 Å². The largest absolute Gasteiger partial charge is 0.497 e. The second-order valence-electron chi connectivity index (χ2n) is 6.72. The van der Waals surface area contributed by atoms with E-state index < -0.39 is 23.5 Å². The standard InChI is InChI=1S/C20H26N2O4/c1-15(19(24)22-20(14-21)12-4-3-5-13-20)26-18(23)11-8-16-6-9-17(25-2)10-7-16/h6-7,9-10,15H,3-5,8,11-13H2,1-2H3,(H,22,24)/t15-/m0/s1. The van der Waals surface area contributed by atoms with Crippen molar-refractivity contribution in [2.45, 2.75) is 63.5 Å². The first kappa shape index (κ1) is 19.8. The fourth-order valence-corrected chi connectivity index (χ4v) is 3.11. The lowest BCUT2D eigenvalue weighted by molar-refractivity contribution is -0.155. The van der Waals surface area contributed by atoms with Crippen molar-refractivity contribution in [3.63, 3.8) is 0 Å². The van der Waals surface area contributed by atoms with Gasteiger partial charge >= 0.3 is 5.97 Å². The van der Waals surface area contributed by atoms with E-state index in [1.807, 2.05) is 24.3 Å². The summed E-state index contributed by atoms with van der Waals surface area (Å²) in [6, 6.07) is 9.68. The van der Waals surface area contributed by atoms with Crippen LogP contribution in [0.4, 0.5) is 0 Å². The first-order valence-electron chi connectivity index (χ1n) is 9.04. The van der Waals surface area contributed by atoms with Gasteiger partial charge in [-0.25, -0.2) is 0 Å². The third kappa shape index (κ3) is 5.48. The highest BCUT2D eigenvalue weighted by Crippen LogP contribution is 2.27. The summed E-state index contributed by atoms with van der Waals surface area (Å²) in [5.41, 5.74) is 0.171. The number of hydrogen-bond donors (Lipinski definition) is 1. The Labute approximate surface area is 154 Å². The molecule has 1 N–H and O–H groups in total. The predicted molar refractivity (Wildman–Crippen MR) is 96.4 cm³/mol. The molecule has 0 saturated heterocycles. The molecule has 0 spiro atoms. The zero-order valence-electron chi connectivity index (χ0n) is 15.4. The minimum atomic E-state index is -0.912. The van der Waals surface area contributed by atoms with Gasteiger partial charge in [-0.1, -0.05) is 31.4 Å². The van der Waals surface area contributed by atoms with Gasteiger partial charge in [0, 0.05) is 6.42 Å². The van der Waals surface area contributed by atoms with Crippen LogP contribution >= 0.6 is 0 Å². The summed E-state index contributed by atoms with van der Waals surface area (Å²) in [4.78, 5) is 24.3. The molecular weight excluding hydrogens is 332 g/mol.